The molecule has 12 rings (SSSR count). The van der Waals surface area contributed by atoms with Crippen molar-refractivity contribution in [2.75, 3.05) is 0 Å². The Hall–Kier alpha value is -8.15. The van der Waals surface area contributed by atoms with Crippen molar-refractivity contribution in [2.45, 2.75) is 0 Å². The Labute approximate surface area is 345 Å². The van der Waals surface area contributed by atoms with Crippen molar-refractivity contribution in [1.82, 2.24) is 19.5 Å². The van der Waals surface area contributed by atoms with Crippen molar-refractivity contribution < 1.29 is 4.42 Å². The van der Waals surface area contributed by atoms with E-state index in [2.05, 4.69) is 144 Å². The van der Waals surface area contributed by atoms with Crippen LogP contribution in [0.4, 0.5) is 0 Å². The summed E-state index contributed by atoms with van der Waals surface area (Å²) < 4.78 is 9.51. The molecule has 0 saturated carbocycles. The molecule has 0 saturated heterocycles. The van der Waals surface area contributed by atoms with Crippen LogP contribution in [-0.4, -0.2) is 19.5 Å². The van der Waals surface area contributed by atoms with E-state index in [1.807, 2.05) is 66.7 Å². The summed E-state index contributed by atoms with van der Waals surface area (Å²) >= 11 is 0. The van der Waals surface area contributed by atoms with Crippen molar-refractivity contribution in [3.63, 3.8) is 0 Å². The fourth-order valence-corrected chi connectivity index (χ4v) is 8.85. The molecule has 0 aliphatic heterocycles. The molecule has 0 fully saturated rings. The predicted molar refractivity (Wildman–Crippen MR) is 246 cm³/mol. The van der Waals surface area contributed by atoms with E-state index in [-0.39, 0.29) is 0 Å². The van der Waals surface area contributed by atoms with Crippen molar-refractivity contribution in [3.8, 4) is 62.1 Å². The van der Waals surface area contributed by atoms with Crippen LogP contribution in [0.1, 0.15) is 0 Å². The Morgan fingerprint density at radius 2 is 0.950 bits per heavy atom. The van der Waals surface area contributed by atoms with E-state index >= 15 is 0 Å². The fourth-order valence-electron chi connectivity index (χ4n) is 8.85. The lowest BCUT2D eigenvalue weighted by Gasteiger charge is -2.13. The van der Waals surface area contributed by atoms with Gasteiger partial charge in [-0.3, -0.25) is 0 Å². The maximum Gasteiger partial charge on any atom is 0.164 e. The van der Waals surface area contributed by atoms with Crippen LogP contribution < -0.4 is 0 Å². The summed E-state index contributed by atoms with van der Waals surface area (Å²) in [5.74, 6) is 1.81. The predicted octanol–water partition coefficient (Wildman–Crippen LogP) is 14.4. The first-order valence-corrected chi connectivity index (χ1v) is 20.2. The molecule has 3 aromatic heterocycles. The zero-order valence-corrected chi connectivity index (χ0v) is 32.3. The smallest absolute Gasteiger partial charge is 0.164 e. The van der Waals surface area contributed by atoms with Crippen molar-refractivity contribution in [1.29, 1.82) is 0 Å². The van der Waals surface area contributed by atoms with Gasteiger partial charge in [0.15, 0.2) is 23.1 Å². The summed E-state index contributed by atoms with van der Waals surface area (Å²) in [7, 11) is 0. The summed E-state index contributed by atoms with van der Waals surface area (Å²) in [5, 5.41) is 6.75. The van der Waals surface area contributed by atoms with Crippen molar-refractivity contribution in [2.24, 2.45) is 0 Å². The topological polar surface area (TPSA) is 56.7 Å². The first-order valence-electron chi connectivity index (χ1n) is 20.2. The van der Waals surface area contributed by atoms with E-state index in [0.717, 1.165) is 72.0 Å². The van der Waals surface area contributed by atoms with Crippen molar-refractivity contribution in [3.05, 3.63) is 206 Å². The quantitative estimate of drug-likeness (QED) is 0.169. The van der Waals surface area contributed by atoms with E-state index in [4.69, 9.17) is 19.4 Å². The zero-order chi connectivity index (χ0) is 39.6. The lowest BCUT2D eigenvalue weighted by Crippen LogP contribution is -2.00. The normalized spacial score (nSPS) is 11.7. The number of hydrogen-bond acceptors (Lipinski definition) is 4. The van der Waals surface area contributed by atoms with Crippen LogP contribution in [0.2, 0.25) is 0 Å². The second kappa shape index (κ2) is 13.8. The van der Waals surface area contributed by atoms with Gasteiger partial charge in [-0.05, 0) is 63.4 Å². The fraction of sp³-hybridized carbons (Fsp3) is 0. The lowest BCUT2D eigenvalue weighted by molar-refractivity contribution is 0.666. The van der Waals surface area contributed by atoms with Gasteiger partial charge in [0.1, 0.15) is 5.58 Å². The first-order chi connectivity index (χ1) is 29.7. The molecule has 0 amide bonds. The summed E-state index contributed by atoms with van der Waals surface area (Å²) in [4.78, 5) is 15.3. The highest BCUT2D eigenvalue weighted by molar-refractivity contribution is 6.23. The summed E-state index contributed by atoms with van der Waals surface area (Å²) in [6.45, 7) is 0. The van der Waals surface area contributed by atoms with Gasteiger partial charge in [-0.15, -0.1) is 0 Å². The van der Waals surface area contributed by atoms with Crippen LogP contribution in [0.15, 0.2) is 211 Å². The summed E-state index contributed by atoms with van der Waals surface area (Å²) in [5.41, 5.74) is 11.9. The number of hydrogen-bond donors (Lipinski definition) is 0. The molecule has 12 aromatic rings. The molecular weight excluding hydrogens is 733 g/mol. The second-order valence-corrected chi connectivity index (χ2v) is 15.2. The number of furan rings is 1. The van der Waals surface area contributed by atoms with E-state index in [1.165, 1.54) is 27.1 Å². The average molecular weight is 767 g/mol. The molecule has 0 aliphatic rings. The van der Waals surface area contributed by atoms with Crippen LogP contribution in [0.3, 0.4) is 0 Å². The molecule has 0 bridgehead atoms. The molecule has 0 atom stereocenters. The third-order valence-electron chi connectivity index (χ3n) is 11.6. The Kier molecular flexibility index (Phi) is 7.78. The van der Waals surface area contributed by atoms with Gasteiger partial charge in [-0.1, -0.05) is 176 Å². The van der Waals surface area contributed by atoms with Gasteiger partial charge in [0.2, 0.25) is 0 Å². The molecule has 0 N–H and O–H groups in total. The second-order valence-electron chi connectivity index (χ2n) is 15.2. The van der Waals surface area contributed by atoms with Crippen LogP contribution in [0.5, 0.6) is 0 Å². The first kappa shape index (κ1) is 33.9. The Bertz CT molecular complexity index is 3520. The molecule has 0 aliphatic carbocycles. The maximum atomic E-state index is 7.10. The van der Waals surface area contributed by atoms with Gasteiger partial charge < -0.3 is 8.98 Å². The van der Waals surface area contributed by atoms with Crippen LogP contribution in [-0.2, 0) is 0 Å². The standard InChI is InChI=1S/C55H34N4O/c1-5-16-35(17-6-1)40-28-30-43-47(33-40)59(46-31-29-37-20-13-14-25-42(37)50(43)46)48-34-41(36-18-7-2-8-19-36)32-45-51-44(26-15-27-49(51)60-52(45)48)55-57-53(38-21-9-3-10-22-38)56-54(58-55)39-23-11-4-12-24-39/h1-34H. The third kappa shape index (κ3) is 5.52. The molecule has 3 heterocycles. The highest BCUT2D eigenvalue weighted by Crippen LogP contribution is 2.45. The van der Waals surface area contributed by atoms with E-state index in [1.54, 1.807) is 0 Å². The van der Waals surface area contributed by atoms with Gasteiger partial charge >= 0.3 is 0 Å². The highest BCUT2D eigenvalue weighted by Gasteiger charge is 2.24. The van der Waals surface area contributed by atoms with Gasteiger partial charge in [-0.25, -0.2) is 15.0 Å². The monoisotopic (exact) mass is 766 g/mol. The third-order valence-corrected chi connectivity index (χ3v) is 11.6. The molecule has 0 radical (unpaired) electrons. The molecule has 60 heavy (non-hydrogen) atoms. The molecule has 0 spiro atoms. The molecule has 5 nitrogen and oxygen atoms in total. The van der Waals surface area contributed by atoms with Crippen LogP contribution in [0.25, 0.3) is 117 Å². The zero-order valence-electron chi connectivity index (χ0n) is 32.3. The van der Waals surface area contributed by atoms with Gasteiger partial charge in [0.05, 0.1) is 16.7 Å². The Balaban J connectivity index is 1.19. The van der Waals surface area contributed by atoms with Gasteiger partial charge in [-0.2, -0.15) is 0 Å². The average Bonchev–Trinajstić information content (AvgIpc) is 3.88. The molecule has 280 valence electrons. The number of rotatable bonds is 6. The van der Waals surface area contributed by atoms with Crippen LogP contribution in [0, 0.1) is 0 Å². The van der Waals surface area contributed by atoms with Crippen molar-refractivity contribution >= 4 is 54.5 Å². The minimum Gasteiger partial charge on any atom is -0.454 e. The van der Waals surface area contributed by atoms with E-state index in [9.17, 15) is 0 Å². The minimum absolute atomic E-state index is 0.582. The molecular formula is C55H34N4O. The number of fused-ring (bicyclic) bond motifs is 8. The highest BCUT2D eigenvalue weighted by atomic mass is 16.3. The van der Waals surface area contributed by atoms with Gasteiger partial charge in [0.25, 0.3) is 0 Å². The largest absolute Gasteiger partial charge is 0.454 e. The molecule has 0 unspecified atom stereocenters. The molecule has 9 aromatic carbocycles. The lowest BCUT2D eigenvalue weighted by atomic mass is 9.99. The number of aromatic nitrogens is 4. The Morgan fingerprint density at radius 3 is 1.63 bits per heavy atom. The maximum absolute atomic E-state index is 7.10. The summed E-state index contributed by atoms with van der Waals surface area (Å²) in [6, 6.07) is 72.2. The van der Waals surface area contributed by atoms with E-state index in [0.29, 0.717) is 17.5 Å². The Morgan fingerprint density at radius 1 is 0.350 bits per heavy atom. The van der Waals surface area contributed by atoms with Crippen LogP contribution >= 0.6 is 0 Å². The summed E-state index contributed by atoms with van der Waals surface area (Å²) in [6.07, 6.45) is 0. The SMILES string of the molecule is c1ccc(-c2cc(-n3c4cc(-c5ccccc5)ccc4c4c5ccccc5ccc43)c3oc4cccc(-c5nc(-c6ccccc6)nc(-c6ccccc6)n5)c4c3c2)cc1. The minimum atomic E-state index is 0.582. The number of nitrogens with zero attached hydrogens (tertiary/aromatic N) is 4. The van der Waals surface area contributed by atoms with Gasteiger partial charge in [0, 0.05) is 38.2 Å². The van der Waals surface area contributed by atoms with E-state index < -0.39 is 0 Å². The number of benzene rings is 9. The molecule has 5 heteroatoms.